The van der Waals surface area contributed by atoms with Crippen molar-refractivity contribution in [2.45, 2.75) is 58.6 Å². The van der Waals surface area contributed by atoms with Crippen molar-refractivity contribution < 1.29 is 9.47 Å². The highest BCUT2D eigenvalue weighted by Gasteiger charge is 2.37. The van der Waals surface area contributed by atoms with E-state index in [0.29, 0.717) is 0 Å². The van der Waals surface area contributed by atoms with Gasteiger partial charge in [0.25, 0.3) is 0 Å². The number of hydrogen-bond donors (Lipinski definition) is 1. The molecule has 3 nitrogen and oxygen atoms in total. The monoisotopic (exact) mass is 277 g/mol. The van der Waals surface area contributed by atoms with Crippen molar-refractivity contribution in [3.05, 3.63) is 24.3 Å². The van der Waals surface area contributed by atoms with Gasteiger partial charge in [-0.1, -0.05) is 20.8 Å². The maximum Gasteiger partial charge on any atom is 0.120 e. The molecule has 0 heterocycles. The minimum absolute atomic E-state index is 0.0901. The lowest BCUT2D eigenvalue weighted by molar-refractivity contribution is 0.0567. The average Bonchev–Trinajstić information content (AvgIpc) is 2.43. The van der Waals surface area contributed by atoms with E-state index >= 15 is 0 Å². The first-order valence-corrected chi connectivity index (χ1v) is 7.68. The van der Waals surface area contributed by atoms with E-state index in [1.54, 1.807) is 0 Å². The Morgan fingerprint density at radius 3 is 2.50 bits per heavy atom. The van der Waals surface area contributed by atoms with E-state index in [4.69, 9.17) is 15.2 Å². The standard InChI is InChI=1S/C17H27NO2/c1-4-12-19-13-7-9-14(10-8-13)20-15-6-5-11-17(2,3)16(15)18/h7-10,15-16H,4-6,11-12,18H2,1-3H3. The number of ether oxygens (including phenoxy) is 2. The van der Waals surface area contributed by atoms with Crippen molar-refractivity contribution in [2.75, 3.05) is 6.61 Å². The molecule has 1 aliphatic carbocycles. The van der Waals surface area contributed by atoms with Crippen LogP contribution in [0.2, 0.25) is 0 Å². The molecule has 0 saturated heterocycles. The lowest BCUT2D eigenvalue weighted by Crippen LogP contribution is -2.51. The molecule has 0 spiro atoms. The first kappa shape index (κ1) is 15.2. The van der Waals surface area contributed by atoms with Crippen molar-refractivity contribution in [1.82, 2.24) is 0 Å². The molecule has 2 unspecified atom stereocenters. The van der Waals surface area contributed by atoms with Gasteiger partial charge in [-0.15, -0.1) is 0 Å². The van der Waals surface area contributed by atoms with Crippen LogP contribution in [0.5, 0.6) is 11.5 Å². The van der Waals surface area contributed by atoms with Crippen LogP contribution in [0.1, 0.15) is 46.5 Å². The van der Waals surface area contributed by atoms with E-state index in [0.717, 1.165) is 30.9 Å². The second kappa shape index (κ2) is 6.49. The topological polar surface area (TPSA) is 44.5 Å². The maximum absolute atomic E-state index is 6.35. The summed E-state index contributed by atoms with van der Waals surface area (Å²) in [4.78, 5) is 0. The fourth-order valence-electron chi connectivity index (χ4n) is 2.75. The Morgan fingerprint density at radius 1 is 1.20 bits per heavy atom. The molecule has 1 aliphatic rings. The summed E-state index contributed by atoms with van der Waals surface area (Å²) in [6, 6.07) is 7.96. The third-order valence-corrected chi connectivity index (χ3v) is 4.20. The Morgan fingerprint density at radius 2 is 1.85 bits per heavy atom. The fourth-order valence-corrected chi connectivity index (χ4v) is 2.75. The molecule has 1 fully saturated rings. The quantitative estimate of drug-likeness (QED) is 0.891. The van der Waals surface area contributed by atoms with Crippen molar-refractivity contribution in [1.29, 1.82) is 0 Å². The zero-order valence-corrected chi connectivity index (χ0v) is 12.9. The van der Waals surface area contributed by atoms with Gasteiger partial charge >= 0.3 is 0 Å². The zero-order valence-electron chi connectivity index (χ0n) is 12.9. The maximum atomic E-state index is 6.35. The van der Waals surface area contributed by atoms with Gasteiger partial charge in [0, 0.05) is 6.04 Å². The van der Waals surface area contributed by atoms with Crippen molar-refractivity contribution in [3.8, 4) is 11.5 Å². The SMILES string of the molecule is CCCOc1ccc(OC2CCCC(C)(C)C2N)cc1. The molecule has 112 valence electrons. The van der Waals surface area contributed by atoms with E-state index in [2.05, 4.69) is 20.8 Å². The molecule has 3 heteroatoms. The van der Waals surface area contributed by atoms with Gasteiger partial charge in [-0.2, -0.15) is 0 Å². The van der Waals surface area contributed by atoms with Gasteiger partial charge in [-0.3, -0.25) is 0 Å². The second-order valence-corrected chi connectivity index (χ2v) is 6.38. The number of nitrogens with two attached hydrogens (primary N) is 1. The van der Waals surface area contributed by atoms with Crippen LogP contribution in [0.25, 0.3) is 0 Å². The van der Waals surface area contributed by atoms with Crippen LogP contribution in [0.4, 0.5) is 0 Å². The highest BCUT2D eigenvalue weighted by molar-refractivity contribution is 5.31. The number of benzene rings is 1. The van der Waals surface area contributed by atoms with Crippen molar-refractivity contribution >= 4 is 0 Å². The Kier molecular flexibility index (Phi) is 4.92. The Bertz CT molecular complexity index is 414. The second-order valence-electron chi connectivity index (χ2n) is 6.38. The Hall–Kier alpha value is -1.22. The van der Waals surface area contributed by atoms with Crippen LogP contribution in [0, 0.1) is 5.41 Å². The summed E-state index contributed by atoms with van der Waals surface area (Å²) in [6.45, 7) is 7.31. The van der Waals surface area contributed by atoms with E-state index < -0.39 is 0 Å². The van der Waals surface area contributed by atoms with Crippen LogP contribution in [0.15, 0.2) is 24.3 Å². The van der Waals surface area contributed by atoms with E-state index in [1.165, 1.54) is 12.8 Å². The predicted molar refractivity (Wildman–Crippen MR) is 82.3 cm³/mol. The van der Waals surface area contributed by atoms with Crippen molar-refractivity contribution in [2.24, 2.45) is 11.1 Å². The van der Waals surface area contributed by atoms with Crippen LogP contribution >= 0.6 is 0 Å². The summed E-state index contributed by atoms with van der Waals surface area (Å²) in [5.41, 5.74) is 6.51. The molecule has 0 radical (unpaired) electrons. The highest BCUT2D eigenvalue weighted by Crippen LogP contribution is 2.36. The molecule has 20 heavy (non-hydrogen) atoms. The lowest BCUT2D eigenvalue weighted by Gasteiger charge is -2.41. The summed E-state index contributed by atoms with van der Waals surface area (Å²) in [7, 11) is 0. The molecule has 0 bridgehead atoms. The predicted octanol–water partition coefficient (Wildman–Crippen LogP) is 3.76. The lowest BCUT2D eigenvalue weighted by atomic mass is 9.72. The minimum atomic E-state index is 0.0901. The Balaban J connectivity index is 1.95. The summed E-state index contributed by atoms with van der Waals surface area (Å²) in [5, 5.41) is 0. The average molecular weight is 277 g/mol. The molecule has 0 amide bonds. The molecule has 1 aromatic carbocycles. The summed E-state index contributed by atoms with van der Waals surface area (Å²) >= 11 is 0. The first-order valence-electron chi connectivity index (χ1n) is 7.68. The van der Waals surface area contributed by atoms with Crippen LogP contribution < -0.4 is 15.2 Å². The molecular formula is C17H27NO2. The molecular weight excluding hydrogens is 250 g/mol. The number of hydrogen-bond acceptors (Lipinski definition) is 3. The number of rotatable bonds is 5. The third kappa shape index (κ3) is 3.66. The zero-order chi connectivity index (χ0) is 14.6. The molecule has 0 aromatic heterocycles. The summed E-state index contributed by atoms with van der Waals surface area (Å²) < 4.78 is 11.7. The van der Waals surface area contributed by atoms with Crippen LogP contribution in [-0.2, 0) is 0 Å². The summed E-state index contributed by atoms with van der Waals surface area (Å²) in [6.07, 6.45) is 4.53. The normalized spacial score (nSPS) is 25.2. The van der Waals surface area contributed by atoms with E-state index in [9.17, 15) is 0 Å². The molecule has 1 saturated carbocycles. The molecule has 2 atom stereocenters. The van der Waals surface area contributed by atoms with Gasteiger partial charge in [0.1, 0.15) is 17.6 Å². The first-order chi connectivity index (χ1) is 9.53. The van der Waals surface area contributed by atoms with Crippen molar-refractivity contribution in [3.63, 3.8) is 0 Å². The molecule has 2 N–H and O–H groups in total. The fraction of sp³-hybridized carbons (Fsp3) is 0.647. The third-order valence-electron chi connectivity index (χ3n) is 4.20. The molecule has 1 aromatic rings. The van der Waals surface area contributed by atoms with E-state index in [-0.39, 0.29) is 17.6 Å². The highest BCUT2D eigenvalue weighted by atomic mass is 16.5. The van der Waals surface area contributed by atoms with E-state index in [1.807, 2.05) is 24.3 Å². The van der Waals surface area contributed by atoms with Gasteiger partial charge in [-0.25, -0.2) is 0 Å². The Labute approximate surface area is 122 Å². The molecule has 2 rings (SSSR count). The minimum Gasteiger partial charge on any atom is -0.494 e. The van der Waals surface area contributed by atoms with Gasteiger partial charge in [0.15, 0.2) is 0 Å². The van der Waals surface area contributed by atoms with Gasteiger partial charge in [-0.05, 0) is 55.4 Å². The van der Waals surface area contributed by atoms with Gasteiger partial charge < -0.3 is 15.2 Å². The van der Waals surface area contributed by atoms with Gasteiger partial charge in [0.05, 0.1) is 6.61 Å². The van der Waals surface area contributed by atoms with Gasteiger partial charge in [0.2, 0.25) is 0 Å². The largest absolute Gasteiger partial charge is 0.494 e. The smallest absolute Gasteiger partial charge is 0.120 e. The summed E-state index contributed by atoms with van der Waals surface area (Å²) in [5.74, 6) is 1.78. The van der Waals surface area contributed by atoms with Crippen LogP contribution in [-0.4, -0.2) is 18.8 Å². The molecule has 0 aliphatic heterocycles. The van der Waals surface area contributed by atoms with Crippen LogP contribution in [0.3, 0.4) is 0 Å².